The van der Waals surface area contributed by atoms with E-state index in [0.29, 0.717) is 6.42 Å². The minimum absolute atomic E-state index is 0.196. The molecule has 0 saturated heterocycles. The van der Waals surface area contributed by atoms with Crippen molar-refractivity contribution in [2.45, 2.75) is 19.3 Å². The van der Waals surface area contributed by atoms with Gasteiger partial charge in [-0.2, -0.15) is 11.3 Å². The van der Waals surface area contributed by atoms with Crippen LogP contribution in [0.3, 0.4) is 0 Å². The Morgan fingerprint density at radius 1 is 1.32 bits per heavy atom. The Bertz CT molecular complexity index is 792. The molecule has 0 saturated carbocycles. The van der Waals surface area contributed by atoms with Gasteiger partial charge < -0.3 is 9.47 Å². The minimum atomic E-state index is -0.774. The summed E-state index contributed by atoms with van der Waals surface area (Å²) in [6.07, 6.45) is 2.19. The molecular formula is C20H20O4S. The fourth-order valence-corrected chi connectivity index (χ4v) is 3.93. The molecule has 0 radical (unpaired) electrons. The third-order valence-electron chi connectivity index (χ3n) is 4.42. The van der Waals surface area contributed by atoms with Crippen molar-refractivity contribution in [2.75, 3.05) is 13.7 Å². The summed E-state index contributed by atoms with van der Waals surface area (Å²) in [5, 5.41) is 3.96. The highest BCUT2D eigenvalue weighted by Gasteiger charge is 2.39. The van der Waals surface area contributed by atoms with Gasteiger partial charge in [0.25, 0.3) is 0 Å². The molecule has 0 aliphatic heterocycles. The van der Waals surface area contributed by atoms with Crippen molar-refractivity contribution in [2.24, 2.45) is 5.92 Å². The Hall–Kier alpha value is -2.40. The van der Waals surface area contributed by atoms with Crippen molar-refractivity contribution in [3.05, 3.63) is 58.3 Å². The second-order valence-corrected chi connectivity index (χ2v) is 6.68. The molecule has 4 nitrogen and oxygen atoms in total. The standard InChI is InChI=1S/C20H20O4S/c1-3-24-20(22)19-17(14-7-8-25-12-14)10-15(11-18(19)21)13-5-4-6-16(9-13)23-2/h4-9,11-12,17,19H,3,10H2,1-2H3/t17-,19-/m1/s1. The van der Waals surface area contributed by atoms with E-state index in [1.165, 1.54) is 0 Å². The second kappa shape index (κ2) is 7.66. The van der Waals surface area contributed by atoms with Crippen LogP contribution in [0.2, 0.25) is 0 Å². The molecule has 25 heavy (non-hydrogen) atoms. The van der Waals surface area contributed by atoms with Crippen molar-refractivity contribution < 1.29 is 19.1 Å². The average molecular weight is 356 g/mol. The molecule has 0 bridgehead atoms. The first-order chi connectivity index (χ1) is 12.1. The molecule has 3 rings (SSSR count). The van der Waals surface area contributed by atoms with E-state index < -0.39 is 11.9 Å². The highest BCUT2D eigenvalue weighted by atomic mass is 32.1. The number of ketones is 1. The monoisotopic (exact) mass is 356 g/mol. The van der Waals surface area contributed by atoms with Crippen molar-refractivity contribution in [1.82, 2.24) is 0 Å². The number of methoxy groups -OCH3 is 1. The number of rotatable bonds is 5. The first-order valence-electron chi connectivity index (χ1n) is 8.21. The first kappa shape index (κ1) is 17.4. The molecule has 1 heterocycles. The molecule has 0 amide bonds. The van der Waals surface area contributed by atoms with Gasteiger partial charge in [0.1, 0.15) is 11.7 Å². The van der Waals surface area contributed by atoms with Gasteiger partial charge in [-0.3, -0.25) is 9.59 Å². The summed E-state index contributed by atoms with van der Waals surface area (Å²) in [7, 11) is 1.62. The number of ether oxygens (including phenoxy) is 2. The largest absolute Gasteiger partial charge is 0.497 e. The number of hydrogen-bond donors (Lipinski definition) is 0. The number of allylic oxidation sites excluding steroid dienone is 2. The van der Waals surface area contributed by atoms with Crippen LogP contribution >= 0.6 is 11.3 Å². The van der Waals surface area contributed by atoms with Gasteiger partial charge in [-0.25, -0.2) is 0 Å². The van der Waals surface area contributed by atoms with Gasteiger partial charge in [-0.1, -0.05) is 12.1 Å². The van der Waals surface area contributed by atoms with Gasteiger partial charge in [-0.05, 0) is 65.1 Å². The zero-order valence-corrected chi connectivity index (χ0v) is 15.0. The third-order valence-corrected chi connectivity index (χ3v) is 5.12. The van der Waals surface area contributed by atoms with Crippen molar-refractivity contribution in [3.8, 4) is 5.75 Å². The van der Waals surface area contributed by atoms with Crippen LogP contribution in [0.25, 0.3) is 5.57 Å². The van der Waals surface area contributed by atoms with E-state index >= 15 is 0 Å². The van der Waals surface area contributed by atoms with Crippen molar-refractivity contribution in [1.29, 1.82) is 0 Å². The fourth-order valence-electron chi connectivity index (χ4n) is 3.21. The molecule has 0 spiro atoms. The van der Waals surface area contributed by atoms with E-state index in [1.54, 1.807) is 31.4 Å². The van der Waals surface area contributed by atoms with E-state index in [0.717, 1.165) is 22.4 Å². The summed E-state index contributed by atoms with van der Waals surface area (Å²) >= 11 is 1.56. The van der Waals surface area contributed by atoms with Crippen molar-refractivity contribution in [3.63, 3.8) is 0 Å². The third kappa shape index (κ3) is 3.66. The lowest BCUT2D eigenvalue weighted by Gasteiger charge is -2.28. The van der Waals surface area contributed by atoms with Crippen LogP contribution in [-0.4, -0.2) is 25.5 Å². The molecule has 0 unspecified atom stereocenters. The Balaban J connectivity index is 1.99. The van der Waals surface area contributed by atoms with Gasteiger partial charge in [0, 0.05) is 5.92 Å². The quantitative estimate of drug-likeness (QED) is 0.598. The van der Waals surface area contributed by atoms with E-state index in [2.05, 4.69) is 0 Å². The Morgan fingerprint density at radius 2 is 2.16 bits per heavy atom. The zero-order valence-electron chi connectivity index (χ0n) is 14.2. The lowest BCUT2D eigenvalue weighted by atomic mass is 9.74. The fraction of sp³-hybridized carbons (Fsp3) is 0.300. The van der Waals surface area contributed by atoms with Gasteiger partial charge in [0.2, 0.25) is 0 Å². The number of carbonyl (C=O) groups is 2. The number of thiophene rings is 1. The highest BCUT2D eigenvalue weighted by molar-refractivity contribution is 7.08. The maximum absolute atomic E-state index is 12.7. The predicted molar refractivity (Wildman–Crippen MR) is 97.8 cm³/mol. The van der Waals surface area contributed by atoms with E-state index in [4.69, 9.17) is 9.47 Å². The number of hydrogen-bond acceptors (Lipinski definition) is 5. The van der Waals surface area contributed by atoms with Gasteiger partial charge in [0.05, 0.1) is 13.7 Å². The summed E-state index contributed by atoms with van der Waals surface area (Å²) in [6.45, 7) is 2.02. The summed E-state index contributed by atoms with van der Waals surface area (Å²) in [4.78, 5) is 25.1. The maximum Gasteiger partial charge on any atom is 0.317 e. The highest BCUT2D eigenvalue weighted by Crippen LogP contribution is 2.41. The smallest absolute Gasteiger partial charge is 0.317 e. The summed E-state index contributed by atoms with van der Waals surface area (Å²) in [6, 6.07) is 9.61. The van der Waals surface area contributed by atoms with Gasteiger partial charge >= 0.3 is 5.97 Å². The molecule has 0 N–H and O–H groups in total. The molecule has 1 aromatic carbocycles. The number of carbonyl (C=O) groups excluding carboxylic acids is 2. The predicted octanol–water partition coefficient (Wildman–Crippen LogP) is 4.08. The zero-order chi connectivity index (χ0) is 17.8. The summed E-state index contributed by atoms with van der Waals surface area (Å²) < 4.78 is 10.4. The Morgan fingerprint density at radius 3 is 2.84 bits per heavy atom. The summed E-state index contributed by atoms with van der Waals surface area (Å²) in [5.41, 5.74) is 2.86. The number of esters is 1. The van der Waals surface area contributed by atoms with E-state index in [-0.39, 0.29) is 18.3 Å². The topological polar surface area (TPSA) is 52.6 Å². The van der Waals surface area contributed by atoms with Crippen LogP contribution in [0.15, 0.2) is 47.2 Å². The van der Waals surface area contributed by atoms with E-state index in [9.17, 15) is 9.59 Å². The molecule has 1 aliphatic rings. The molecule has 1 aromatic heterocycles. The summed E-state index contributed by atoms with van der Waals surface area (Å²) in [5.74, 6) is -0.873. The lowest BCUT2D eigenvalue weighted by Crippen LogP contribution is -2.33. The van der Waals surface area contributed by atoms with Crippen LogP contribution in [0.4, 0.5) is 0 Å². The lowest BCUT2D eigenvalue weighted by molar-refractivity contribution is -0.151. The van der Waals surface area contributed by atoms with Crippen molar-refractivity contribution >= 4 is 28.7 Å². The maximum atomic E-state index is 12.7. The van der Waals surface area contributed by atoms with Gasteiger partial charge in [-0.15, -0.1) is 0 Å². The Labute approximate surface area is 151 Å². The van der Waals surface area contributed by atoms with Gasteiger partial charge in [0.15, 0.2) is 5.78 Å². The molecule has 5 heteroatoms. The second-order valence-electron chi connectivity index (χ2n) is 5.90. The van der Waals surface area contributed by atoms with E-state index in [1.807, 2.05) is 41.1 Å². The first-order valence-corrected chi connectivity index (χ1v) is 9.16. The molecule has 130 valence electrons. The molecule has 1 aliphatic carbocycles. The van der Waals surface area contributed by atoms with Crippen LogP contribution in [0.5, 0.6) is 5.75 Å². The Kier molecular flexibility index (Phi) is 5.34. The SMILES string of the molecule is CCOC(=O)[C@H]1C(=O)C=C(c2cccc(OC)c2)C[C@@H]1c1ccsc1. The molecule has 0 fully saturated rings. The molecule has 2 aromatic rings. The van der Waals surface area contributed by atoms with Crippen LogP contribution in [0.1, 0.15) is 30.4 Å². The average Bonchev–Trinajstić information content (AvgIpc) is 3.15. The van der Waals surface area contributed by atoms with Crippen LogP contribution < -0.4 is 4.74 Å². The molecular weight excluding hydrogens is 336 g/mol. The minimum Gasteiger partial charge on any atom is -0.497 e. The normalized spacial score (nSPS) is 20.1. The van der Waals surface area contributed by atoms with Crippen LogP contribution in [0, 0.1) is 5.92 Å². The number of benzene rings is 1. The molecule has 2 atom stereocenters. The van der Waals surface area contributed by atoms with Crippen LogP contribution in [-0.2, 0) is 14.3 Å².